The van der Waals surface area contributed by atoms with Crippen LogP contribution in [0.1, 0.15) is 36.8 Å². The van der Waals surface area contributed by atoms with Gasteiger partial charge in [0.25, 0.3) is 0 Å². The lowest BCUT2D eigenvalue weighted by atomic mass is 10.1. The molecule has 0 saturated carbocycles. The summed E-state index contributed by atoms with van der Waals surface area (Å²) >= 11 is 0. The SMILES string of the molecule is C=Cc1ccc(OCCCCCCc2ccccc2)cc1. The first kappa shape index (κ1) is 15.4. The van der Waals surface area contributed by atoms with E-state index < -0.39 is 0 Å². The molecule has 0 unspecified atom stereocenters. The second-order valence-corrected chi connectivity index (χ2v) is 5.27. The Labute approximate surface area is 128 Å². The predicted octanol–water partition coefficient (Wildman–Crippen LogP) is 5.51. The minimum absolute atomic E-state index is 0.804. The van der Waals surface area contributed by atoms with Gasteiger partial charge in [-0.05, 0) is 42.5 Å². The molecule has 0 bridgehead atoms. The molecule has 0 N–H and O–H groups in total. The molecule has 0 heterocycles. The molecule has 0 atom stereocenters. The summed E-state index contributed by atoms with van der Waals surface area (Å²) in [7, 11) is 0. The fourth-order valence-corrected chi connectivity index (χ4v) is 2.32. The fourth-order valence-electron chi connectivity index (χ4n) is 2.32. The highest BCUT2D eigenvalue weighted by Crippen LogP contribution is 2.14. The maximum absolute atomic E-state index is 5.74. The summed E-state index contributed by atoms with van der Waals surface area (Å²) in [5.41, 5.74) is 2.57. The van der Waals surface area contributed by atoms with Crippen LogP contribution in [0.2, 0.25) is 0 Å². The number of rotatable bonds is 9. The Balaban J connectivity index is 1.52. The molecule has 1 nitrogen and oxygen atoms in total. The van der Waals surface area contributed by atoms with E-state index >= 15 is 0 Å². The van der Waals surface area contributed by atoms with E-state index in [0.29, 0.717) is 0 Å². The van der Waals surface area contributed by atoms with E-state index in [0.717, 1.165) is 24.3 Å². The predicted molar refractivity (Wildman–Crippen MR) is 90.6 cm³/mol. The molecule has 21 heavy (non-hydrogen) atoms. The third-order valence-corrected chi connectivity index (χ3v) is 3.59. The van der Waals surface area contributed by atoms with Crippen molar-refractivity contribution in [3.63, 3.8) is 0 Å². The Bertz CT molecular complexity index is 513. The van der Waals surface area contributed by atoms with E-state index in [1.54, 1.807) is 0 Å². The molecule has 0 spiro atoms. The van der Waals surface area contributed by atoms with Gasteiger partial charge >= 0.3 is 0 Å². The maximum atomic E-state index is 5.74. The molecule has 0 aliphatic carbocycles. The lowest BCUT2D eigenvalue weighted by molar-refractivity contribution is 0.304. The van der Waals surface area contributed by atoms with E-state index in [9.17, 15) is 0 Å². The molecule has 110 valence electrons. The van der Waals surface area contributed by atoms with E-state index in [1.165, 1.54) is 31.2 Å². The van der Waals surface area contributed by atoms with Gasteiger partial charge < -0.3 is 4.74 Å². The van der Waals surface area contributed by atoms with Crippen molar-refractivity contribution in [1.29, 1.82) is 0 Å². The Hall–Kier alpha value is -2.02. The summed E-state index contributed by atoms with van der Waals surface area (Å²) in [5.74, 6) is 0.949. The van der Waals surface area contributed by atoms with Gasteiger partial charge in [-0.1, -0.05) is 68.0 Å². The molecule has 0 fully saturated rings. The lowest BCUT2D eigenvalue weighted by Crippen LogP contribution is -1.97. The van der Waals surface area contributed by atoms with Crippen molar-refractivity contribution in [2.45, 2.75) is 32.1 Å². The van der Waals surface area contributed by atoms with Gasteiger partial charge in [-0.3, -0.25) is 0 Å². The Morgan fingerprint density at radius 2 is 1.52 bits per heavy atom. The number of aryl methyl sites for hydroxylation is 1. The Kier molecular flexibility index (Phi) is 6.60. The highest BCUT2D eigenvalue weighted by atomic mass is 16.5. The molecule has 0 amide bonds. The van der Waals surface area contributed by atoms with E-state index in [1.807, 2.05) is 30.3 Å². The topological polar surface area (TPSA) is 9.23 Å². The van der Waals surface area contributed by atoms with Gasteiger partial charge in [0.15, 0.2) is 0 Å². The molecule has 2 aromatic rings. The quantitative estimate of drug-likeness (QED) is 0.550. The molecular weight excluding hydrogens is 256 g/mol. The van der Waals surface area contributed by atoms with Crippen LogP contribution in [0, 0.1) is 0 Å². The van der Waals surface area contributed by atoms with Crippen LogP contribution in [-0.4, -0.2) is 6.61 Å². The smallest absolute Gasteiger partial charge is 0.119 e. The normalized spacial score (nSPS) is 10.3. The zero-order valence-electron chi connectivity index (χ0n) is 12.6. The molecule has 0 aliphatic heterocycles. The summed E-state index contributed by atoms with van der Waals surface area (Å²) < 4.78 is 5.74. The molecule has 0 saturated heterocycles. The summed E-state index contributed by atoms with van der Waals surface area (Å²) in [4.78, 5) is 0. The second-order valence-electron chi connectivity index (χ2n) is 5.27. The van der Waals surface area contributed by atoms with Crippen LogP contribution in [0.4, 0.5) is 0 Å². The number of ether oxygens (including phenoxy) is 1. The summed E-state index contributed by atoms with van der Waals surface area (Å²) in [5, 5.41) is 0. The lowest BCUT2D eigenvalue weighted by Gasteiger charge is -2.06. The Morgan fingerprint density at radius 1 is 0.810 bits per heavy atom. The standard InChI is InChI=1S/C20H24O/c1-2-18-13-15-20(16-14-18)21-17-9-4-3-6-10-19-11-7-5-8-12-19/h2,5,7-8,11-16H,1,3-4,6,9-10,17H2. The number of benzene rings is 2. The van der Waals surface area contributed by atoms with Crippen LogP contribution < -0.4 is 4.74 Å². The van der Waals surface area contributed by atoms with Gasteiger partial charge in [-0.2, -0.15) is 0 Å². The largest absolute Gasteiger partial charge is 0.494 e. The third-order valence-electron chi connectivity index (χ3n) is 3.59. The number of hydrogen-bond donors (Lipinski definition) is 0. The van der Waals surface area contributed by atoms with E-state index in [2.05, 4.69) is 36.9 Å². The first-order valence-corrected chi connectivity index (χ1v) is 7.78. The van der Waals surface area contributed by atoms with Crippen LogP contribution in [0.25, 0.3) is 6.08 Å². The first-order valence-electron chi connectivity index (χ1n) is 7.78. The van der Waals surface area contributed by atoms with Crippen LogP contribution in [0.5, 0.6) is 5.75 Å². The zero-order valence-corrected chi connectivity index (χ0v) is 12.6. The van der Waals surface area contributed by atoms with Crippen LogP contribution in [0.3, 0.4) is 0 Å². The molecular formula is C20H24O. The van der Waals surface area contributed by atoms with Crippen molar-refractivity contribution >= 4 is 6.08 Å². The van der Waals surface area contributed by atoms with E-state index in [4.69, 9.17) is 4.74 Å². The van der Waals surface area contributed by atoms with Gasteiger partial charge in [0, 0.05) is 0 Å². The second kappa shape index (κ2) is 9.02. The molecule has 2 aromatic carbocycles. The van der Waals surface area contributed by atoms with Gasteiger partial charge in [-0.15, -0.1) is 0 Å². The van der Waals surface area contributed by atoms with Gasteiger partial charge in [0.2, 0.25) is 0 Å². The van der Waals surface area contributed by atoms with Gasteiger partial charge in [-0.25, -0.2) is 0 Å². The van der Waals surface area contributed by atoms with Crippen molar-refractivity contribution in [3.8, 4) is 5.75 Å². The average molecular weight is 280 g/mol. The minimum Gasteiger partial charge on any atom is -0.494 e. The number of hydrogen-bond acceptors (Lipinski definition) is 1. The van der Waals surface area contributed by atoms with Crippen LogP contribution >= 0.6 is 0 Å². The number of unbranched alkanes of at least 4 members (excludes halogenated alkanes) is 3. The third kappa shape index (κ3) is 5.86. The van der Waals surface area contributed by atoms with Crippen molar-refractivity contribution < 1.29 is 4.74 Å². The highest BCUT2D eigenvalue weighted by molar-refractivity contribution is 5.48. The van der Waals surface area contributed by atoms with Crippen molar-refractivity contribution in [1.82, 2.24) is 0 Å². The molecule has 1 heteroatoms. The van der Waals surface area contributed by atoms with Gasteiger partial charge in [0.05, 0.1) is 6.61 Å². The zero-order chi connectivity index (χ0) is 14.8. The van der Waals surface area contributed by atoms with Gasteiger partial charge in [0.1, 0.15) is 5.75 Å². The summed E-state index contributed by atoms with van der Waals surface area (Å²) in [6, 6.07) is 18.8. The monoisotopic (exact) mass is 280 g/mol. The minimum atomic E-state index is 0.804. The summed E-state index contributed by atoms with van der Waals surface area (Å²) in [6.45, 7) is 4.55. The molecule has 2 rings (SSSR count). The average Bonchev–Trinajstić information content (AvgIpc) is 2.55. The highest BCUT2D eigenvalue weighted by Gasteiger charge is 1.95. The fraction of sp³-hybridized carbons (Fsp3) is 0.300. The van der Waals surface area contributed by atoms with Crippen molar-refractivity contribution in [2.24, 2.45) is 0 Å². The summed E-state index contributed by atoms with van der Waals surface area (Å²) in [6.07, 6.45) is 7.92. The molecule has 0 radical (unpaired) electrons. The molecule has 0 aromatic heterocycles. The molecule has 0 aliphatic rings. The van der Waals surface area contributed by atoms with E-state index in [-0.39, 0.29) is 0 Å². The first-order chi connectivity index (χ1) is 10.4. The Morgan fingerprint density at radius 3 is 2.24 bits per heavy atom. The van der Waals surface area contributed by atoms with Crippen LogP contribution in [0.15, 0.2) is 61.2 Å². The van der Waals surface area contributed by atoms with Crippen molar-refractivity contribution in [2.75, 3.05) is 6.61 Å². The maximum Gasteiger partial charge on any atom is 0.119 e. The van der Waals surface area contributed by atoms with Crippen molar-refractivity contribution in [3.05, 3.63) is 72.3 Å². The van der Waals surface area contributed by atoms with Crippen LogP contribution in [-0.2, 0) is 6.42 Å².